The van der Waals surface area contributed by atoms with Crippen LogP contribution in [0.5, 0.6) is 0 Å². The summed E-state index contributed by atoms with van der Waals surface area (Å²) in [5, 5.41) is 10.5. The number of sulfonamides is 1. The average molecular weight is 336 g/mol. The standard InChI is InChI=1S/C16H20N2O4S/c1-4-12(16(19)20)17-23(21,22)14-10-6-8-11-7-5-9-13(15(11)14)18(2)3/h5-10,12,17H,4H2,1-3H3,(H,19,20). The molecule has 0 bridgehead atoms. The third-order valence-corrected chi connectivity index (χ3v) is 5.13. The van der Waals surface area contributed by atoms with Crippen LogP contribution in [-0.4, -0.2) is 39.6 Å². The Kier molecular flexibility index (Phi) is 4.91. The van der Waals surface area contributed by atoms with Crippen LogP contribution in [0.3, 0.4) is 0 Å². The lowest BCUT2D eigenvalue weighted by molar-refractivity contribution is -0.139. The van der Waals surface area contributed by atoms with Crippen molar-refractivity contribution in [2.24, 2.45) is 0 Å². The number of benzene rings is 2. The van der Waals surface area contributed by atoms with E-state index in [-0.39, 0.29) is 11.3 Å². The Labute approximate surface area is 135 Å². The first-order valence-corrected chi connectivity index (χ1v) is 8.70. The molecule has 2 N–H and O–H groups in total. The van der Waals surface area contributed by atoms with Crippen molar-refractivity contribution in [3.8, 4) is 0 Å². The summed E-state index contributed by atoms with van der Waals surface area (Å²) < 4.78 is 27.7. The number of carboxylic acids is 1. The van der Waals surface area contributed by atoms with E-state index < -0.39 is 22.0 Å². The third kappa shape index (κ3) is 3.46. The number of anilines is 1. The summed E-state index contributed by atoms with van der Waals surface area (Å²) in [6.07, 6.45) is 0.167. The predicted octanol–water partition coefficient (Wildman–Crippen LogP) is 2.05. The lowest BCUT2D eigenvalue weighted by Crippen LogP contribution is -2.40. The molecule has 1 atom stereocenters. The van der Waals surface area contributed by atoms with E-state index in [0.717, 1.165) is 11.1 Å². The quantitative estimate of drug-likeness (QED) is 0.843. The van der Waals surface area contributed by atoms with Crippen LogP contribution in [0.2, 0.25) is 0 Å². The Morgan fingerprint density at radius 1 is 1.22 bits per heavy atom. The molecule has 0 fully saturated rings. The Morgan fingerprint density at radius 2 is 1.83 bits per heavy atom. The summed E-state index contributed by atoms with van der Waals surface area (Å²) in [4.78, 5) is 13.1. The van der Waals surface area contributed by atoms with Crippen molar-refractivity contribution in [1.29, 1.82) is 0 Å². The highest BCUT2D eigenvalue weighted by Gasteiger charge is 2.26. The summed E-state index contributed by atoms with van der Waals surface area (Å²) in [6, 6.07) is 9.33. The van der Waals surface area contributed by atoms with Gasteiger partial charge in [-0.15, -0.1) is 0 Å². The van der Waals surface area contributed by atoms with Crippen molar-refractivity contribution in [3.63, 3.8) is 0 Å². The summed E-state index contributed by atoms with van der Waals surface area (Å²) in [7, 11) is -0.295. The molecular weight excluding hydrogens is 316 g/mol. The fourth-order valence-electron chi connectivity index (χ4n) is 2.44. The molecule has 7 heteroatoms. The van der Waals surface area contributed by atoms with Crippen molar-refractivity contribution >= 4 is 32.5 Å². The van der Waals surface area contributed by atoms with Gasteiger partial charge < -0.3 is 10.0 Å². The van der Waals surface area contributed by atoms with Gasteiger partial charge in [-0.3, -0.25) is 4.79 Å². The molecule has 1 unspecified atom stereocenters. The van der Waals surface area contributed by atoms with E-state index in [1.165, 1.54) is 6.07 Å². The number of rotatable bonds is 6. The summed E-state index contributed by atoms with van der Waals surface area (Å²) in [5.74, 6) is -1.19. The molecule has 0 saturated carbocycles. The van der Waals surface area contributed by atoms with Gasteiger partial charge in [0.2, 0.25) is 10.0 Å². The number of aliphatic carboxylic acids is 1. The van der Waals surface area contributed by atoms with E-state index in [2.05, 4.69) is 4.72 Å². The number of hydrogen-bond donors (Lipinski definition) is 2. The van der Waals surface area contributed by atoms with Crippen LogP contribution in [0.25, 0.3) is 10.8 Å². The van der Waals surface area contributed by atoms with Crippen molar-refractivity contribution in [2.45, 2.75) is 24.3 Å². The second-order valence-electron chi connectivity index (χ2n) is 5.45. The molecule has 0 saturated heterocycles. The Morgan fingerprint density at radius 3 is 2.35 bits per heavy atom. The fourth-order valence-corrected chi connectivity index (χ4v) is 3.96. The maximum atomic E-state index is 12.7. The van der Waals surface area contributed by atoms with Gasteiger partial charge in [-0.25, -0.2) is 8.42 Å². The van der Waals surface area contributed by atoms with Crippen LogP contribution < -0.4 is 9.62 Å². The second-order valence-corrected chi connectivity index (χ2v) is 7.13. The minimum atomic E-state index is -3.96. The summed E-state index contributed by atoms with van der Waals surface area (Å²) >= 11 is 0. The van der Waals surface area contributed by atoms with Crippen LogP contribution in [0.15, 0.2) is 41.3 Å². The molecule has 0 heterocycles. The van der Waals surface area contributed by atoms with Gasteiger partial charge in [-0.1, -0.05) is 31.2 Å². The van der Waals surface area contributed by atoms with E-state index in [1.807, 2.05) is 43.3 Å². The van der Waals surface area contributed by atoms with E-state index >= 15 is 0 Å². The van der Waals surface area contributed by atoms with E-state index in [9.17, 15) is 13.2 Å². The largest absolute Gasteiger partial charge is 0.480 e. The van der Waals surface area contributed by atoms with Gasteiger partial charge >= 0.3 is 5.97 Å². The topological polar surface area (TPSA) is 86.7 Å². The number of hydrogen-bond acceptors (Lipinski definition) is 4. The van der Waals surface area contributed by atoms with Crippen molar-refractivity contribution in [2.75, 3.05) is 19.0 Å². The molecule has 0 aliphatic carbocycles. The molecule has 23 heavy (non-hydrogen) atoms. The van der Waals surface area contributed by atoms with Gasteiger partial charge in [0.25, 0.3) is 0 Å². The van der Waals surface area contributed by atoms with Crippen LogP contribution in [0.4, 0.5) is 5.69 Å². The van der Waals surface area contributed by atoms with Gasteiger partial charge in [-0.2, -0.15) is 4.72 Å². The van der Waals surface area contributed by atoms with Gasteiger partial charge in [0.1, 0.15) is 6.04 Å². The first-order chi connectivity index (χ1) is 10.8. The monoisotopic (exact) mass is 336 g/mol. The molecule has 2 rings (SSSR count). The molecule has 124 valence electrons. The van der Waals surface area contributed by atoms with Crippen LogP contribution in [0, 0.1) is 0 Å². The molecule has 0 spiro atoms. The minimum absolute atomic E-state index is 0.0824. The normalized spacial score (nSPS) is 13.0. The Bertz CT molecular complexity index is 826. The Balaban J connectivity index is 2.65. The highest BCUT2D eigenvalue weighted by molar-refractivity contribution is 7.89. The van der Waals surface area contributed by atoms with Gasteiger partial charge in [0.05, 0.1) is 4.90 Å². The maximum Gasteiger partial charge on any atom is 0.321 e. The second kappa shape index (κ2) is 6.55. The van der Waals surface area contributed by atoms with Crippen molar-refractivity contribution in [3.05, 3.63) is 36.4 Å². The van der Waals surface area contributed by atoms with Crippen LogP contribution >= 0.6 is 0 Å². The fraction of sp³-hybridized carbons (Fsp3) is 0.312. The number of carboxylic acid groups (broad SMARTS) is 1. The maximum absolute atomic E-state index is 12.7. The van der Waals surface area contributed by atoms with E-state index in [0.29, 0.717) is 5.39 Å². The van der Waals surface area contributed by atoms with Gasteiger partial charge in [0.15, 0.2) is 0 Å². The van der Waals surface area contributed by atoms with Gasteiger partial charge in [-0.05, 0) is 23.9 Å². The first-order valence-electron chi connectivity index (χ1n) is 7.22. The highest BCUT2D eigenvalue weighted by Crippen LogP contribution is 2.31. The lowest BCUT2D eigenvalue weighted by atomic mass is 10.1. The molecule has 2 aromatic rings. The molecule has 0 aliphatic heterocycles. The summed E-state index contributed by atoms with van der Waals surface area (Å²) in [6.45, 7) is 1.62. The number of nitrogens with zero attached hydrogens (tertiary/aromatic N) is 1. The minimum Gasteiger partial charge on any atom is -0.480 e. The molecule has 0 aliphatic rings. The average Bonchev–Trinajstić information content (AvgIpc) is 2.50. The number of fused-ring (bicyclic) bond motifs is 1. The van der Waals surface area contributed by atoms with E-state index in [4.69, 9.17) is 5.11 Å². The molecule has 2 aromatic carbocycles. The smallest absolute Gasteiger partial charge is 0.321 e. The molecule has 0 amide bonds. The SMILES string of the molecule is CCC(NS(=O)(=O)c1cccc2cccc(N(C)C)c12)C(=O)O. The Hall–Kier alpha value is -2.12. The molecule has 6 nitrogen and oxygen atoms in total. The number of nitrogens with one attached hydrogen (secondary N) is 1. The van der Waals surface area contributed by atoms with Crippen molar-refractivity contribution in [1.82, 2.24) is 4.72 Å². The predicted molar refractivity (Wildman–Crippen MR) is 90.3 cm³/mol. The number of carbonyl (C=O) groups is 1. The molecule has 0 aromatic heterocycles. The molecule has 0 radical (unpaired) electrons. The zero-order valence-electron chi connectivity index (χ0n) is 13.3. The van der Waals surface area contributed by atoms with Gasteiger partial charge in [0, 0.05) is 25.2 Å². The zero-order chi connectivity index (χ0) is 17.2. The highest BCUT2D eigenvalue weighted by atomic mass is 32.2. The molecular formula is C16H20N2O4S. The van der Waals surface area contributed by atoms with Crippen LogP contribution in [-0.2, 0) is 14.8 Å². The van der Waals surface area contributed by atoms with E-state index in [1.54, 1.807) is 13.0 Å². The third-order valence-electron chi connectivity index (χ3n) is 3.62. The lowest BCUT2D eigenvalue weighted by Gasteiger charge is -2.19. The first kappa shape index (κ1) is 17.2. The van der Waals surface area contributed by atoms with Crippen molar-refractivity contribution < 1.29 is 18.3 Å². The summed E-state index contributed by atoms with van der Waals surface area (Å²) in [5.41, 5.74) is 0.756. The zero-order valence-corrected chi connectivity index (χ0v) is 14.1. The van der Waals surface area contributed by atoms with Crippen LogP contribution in [0.1, 0.15) is 13.3 Å².